The molecule has 0 bridgehead atoms. The van der Waals surface area contributed by atoms with Crippen LogP contribution >= 0.6 is 0 Å². The van der Waals surface area contributed by atoms with Gasteiger partial charge in [0.05, 0.1) is 24.1 Å². The maximum atomic E-state index is 12.6. The topological polar surface area (TPSA) is 121 Å². The van der Waals surface area contributed by atoms with Crippen molar-refractivity contribution in [2.45, 2.75) is 32.1 Å². The first-order valence-electron chi connectivity index (χ1n) is 9.30. The zero-order valence-corrected chi connectivity index (χ0v) is 18.2. The summed E-state index contributed by atoms with van der Waals surface area (Å²) in [4.78, 5) is 15.6. The monoisotopic (exact) mass is 476 g/mol. The van der Waals surface area contributed by atoms with Gasteiger partial charge in [0, 0.05) is 18.3 Å². The summed E-state index contributed by atoms with van der Waals surface area (Å²) in [5.74, 6) is -0.674. The fraction of sp³-hybridized carbons (Fsp3) is 0.368. The molecule has 1 aromatic carbocycles. The Morgan fingerprint density at radius 2 is 1.81 bits per heavy atom. The van der Waals surface area contributed by atoms with Gasteiger partial charge in [0.15, 0.2) is 0 Å². The second-order valence-corrected chi connectivity index (χ2v) is 9.03. The molecular formula is C19H23F3N4O5S. The minimum absolute atomic E-state index is 0.0773. The molecule has 0 aliphatic rings. The van der Waals surface area contributed by atoms with Crippen molar-refractivity contribution in [3.63, 3.8) is 0 Å². The predicted octanol–water partition coefficient (Wildman–Crippen LogP) is 2.53. The van der Waals surface area contributed by atoms with Crippen LogP contribution in [0.1, 0.15) is 19.4 Å². The van der Waals surface area contributed by atoms with Crippen LogP contribution in [-0.4, -0.2) is 49.4 Å². The number of nitrogens with one attached hydrogen (secondary N) is 2. The molecule has 1 aromatic heterocycles. The molecule has 0 aliphatic carbocycles. The maximum absolute atomic E-state index is 12.6. The number of carbonyl (C=O) groups is 1. The van der Waals surface area contributed by atoms with Crippen molar-refractivity contribution in [2.75, 3.05) is 17.1 Å². The van der Waals surface area contributed by atoms with Crippen molar-refractivity contribution in [2.24, 2.45) is 0 Å². The van der Waals surface area contributed by atoms with Crippen molar-refractivity contribution >= 4 is 21.6 Å². The average molecular weight is 476 g/mol. The zero-order chi connectivity index (χ0) is 24.1. The van der Waals surface area contributed by atoms with Gasteiger partial charge in [-0.2, -0.15) is 13.2 Å². The first-order chi connectivity index (χ1) is 14.8. The predicted molar refractivity (Wildman–Crippen MR) is 110 cm³/mol. The molecule has 2 aromatic rings. The molecule has 176 valence electrons. The molecule has 2 rings (SSSR count). The smallest absolute Gasteiger partial charge is 0.417 e. The van der Waals surface area contributed by atoms with Crippen LogP contribution in [0, 0.1) is 0 Å². The van der Waals surface area contributed by atoms with E-state index in [1.165, 1.54) is 29.7 Å². The molecule has 13 heteroatoms. The molecule has 0 saturated heterocycles. The summed E-state index contributed by atoms with van der Waals surface area (Å²) < 4.78 is 68.9. The van der Waals surface area contributed by atoms with Gasteiger partial charge in [0.1, 0.15) is 11.8 Å². The second-order valence-electron chi connectivity index (χ2n) is 7.12. The quantitative estimate of drug-likeness (QED) is 0.376. The number of amides is 1. The van der Waals surface area contributed by atoms with Gasteiger partial charge >= 0.3 is 6.18 Å². The van der Waals surface area contributed by atoms with Gasteiger partial charge < -0.3 is 10.1 Å². The maximum Gasteiger partial charge on any atom is 0.417 e. The molecule has 1 amide bonds. The molecule has 3 N–H and O–H groups in total. The Morgan fingerprint density at radius 1 is 1.19 bits per heavy atom. The number of aromatic nitrogens is 1. The molecule has 0 fully saturated rings. The van der Waals surface area contributed by atoms with Gasteiger partial charge in [0.25, 0.3) is 5.91 Å². The van der Waals surface area contributed by atoms with Gasteiger partial charge in [0.2, 0.25) is 15.9 Å². The van der Waals surface area contributed by atoms with Crippen LogP contribution in [0.3, 0.4) is 0 Å². The van der Waals surface area contributed by atoms with Crippen LogP contribution < -0.4 is 19.8 Å². The van der Waals surface area contributed by atoms with Crippen LogP contribution in [0.4, 0.5) is 18.9 Å². The summed E-state index contributed by atoms with van der Waals surface area (Å²) in [7, 11) is -3.81. The first-order valence-corrected chi connectivity index (χ1v) is 11.1. The Hall–Kier alpha value is -2.90. The van der Waals surface area contributed by atoms with Crippen molar-refractivity contribution < 1.29 is 36.3 Å². The van der Waals surface area contributed by atoms with Crippen LogP contribution in [-0.2, 0) is 21.0 Å². The SMILES string of the molecule is CC(C)NC(CN(c1ccc(Oc2ccc(C(F)(F)F)cn2)cc1)S(C)(=O)=O)C(=O)NO. The van der Waals surface area contributed by atoms with Crippen LogP contribution in [0.25, 0.3) is 0 Å². The van der Waals surface area contributed by atoms with Crippen molar-refractivity contribution in [1.29, 1.82) is 0 Å². The third-order valence-corrected chi connectivity index (χ3v) is 5.28. The zero-order valence-electron chi connectivity index (χ0n) is 17.4. The van der Waals surface area contributed by atoms with E-state index >= 15 is 0 Å². The van der Waals surface area contributed by atoms with E-state index in [-0.39, 0.29) is 29.9 Å². The number of halogens is 3. The summed E-state index contributed by atoms with van der Waals surface area (Å²) >= 11 is 0. The normalized spacial score (nSPS) is 13.0. The number of sulfonamides is 1. The van der Waals surface area contributed by atoms with Gasteiger partial charge in [-0.15, -0.1) is 0 Å². The van der Waals surface area contributed by atoms with Crippen LogP contribution in [0.15, 0.2) is 42.6 Å². The number of hydrogen-bond donors (Lipinski definition) is 3. The molecule has 0 aliphatic heterocycles. The molecule has 0 saturated carbocycles. The number of alkyl halides is 3. The summed E-state index contributed by atoms with van der Waals surface area (Å²) in [6.07, 6.45) is -2.91. The summed E-state index contributed by atoms with van der Waals surface area (Å²) in [5, 5.41) is 11.8. The Balaban J connectivity index is 2.22. The molecule has 1 atom stereocenters. The highest BCUT2D eigenvalue weighted by Gasteiger charge is 2.31. The van der Waals surface area contributed by atoms with Crippen LogP contribution in [0.5, 0.6) is 11.6 Å². The number of nitrogens with zero attached hydrogens (tertiary/aromatic N) is 2. The fourth-order valence-corrected chi connectivity index (χ4v) is 3.62. The summed E-state index contributed by atoms with van der Waals surface area (Å²) in [6.45, 7) is 3.21. The number of rotatable bonds is 9. The van der Waals surface area contributed by atoms with Crippen molar-refractivity contribution in [3.05, 3.63) is 48.2 Å². The molecule has 0 spiro atoms. The highest BCUT2D eigenvalue weighted by Crippen LogP contribution is 2.30. The fourth-order valence-electron chi connectivity index (χ4n) is 2.70. The molecule has 32 heavy (non-hydrogen) atoms. The first kappa shape index (κ1) is 25.4. The number of ether oxygens (including phenoxy) is 1. The summed E-state index contributed by atoms with van der Waals surface area (Å²) in [6, 6.07) is 6.31. The number of pyridine rings is 1. The van der Waals surface area contributed by atoms with Gasteiger partial charge in [-0.1, -0.05) is 13.8 Å². The number of hydrogen-bond acceptors (Lipinski definition) is 7. The van der Waals surface area contributed by atoms with E-state index in [4.69, 9.17) is 9.94 Å². The highest BCUT2D eigenvalue weighted by atomic mass is 32.2. The van der Waals surface area contributed by atoms with E-state index in [2.05, 4.69) is 10.3 Å². The van der Waals surface area contributed by atoms with Crippen LogP contribution in [0.2, 0.25) is 0 Å². The minimum atomic E-state index is -4.52. The van der Waals surface area contributed by atoms with E-state index in [9.17, 15) is 26.4 Å². The Kier molecular flexibility index (Phi) is 8.04. The van der Waals surface area contributed by atoms with E-state index in [1.54, 1.807) is 13.8 Å². The molecule has 1 unspecified atom stereocenters. The van der Waals surface area contributed by atoms with E-state index in [0.717, 1.165) is 22.7 Å². The highest BCUT2D eigenvalue weighted by molar-refractivity contribution is 7.92. The number of hydroxylamine groups is 1. The number of anilines is 1. The minimum Gasteiger partial charge on any atom is -0.439 e. The van der Waals surface area contributed by atoms with Gasteiger partial charge in [-0.3, -0.25) is 14.3 Å². The lowest BCUT2D eigenvalue weighted by atomic mass is 10.2. The van der Waals surface area contributed by atoms with Gasteiger partial charge in [-0.05, 0) is 30.3 Å². The molecular weight excluding hydrogens is 453 g/mol. The third kappa shape index (κ3) is 7.07. The third-order valence-electron chi connectivity index (χ3n) is 4.12. The Morgan fingerprint density at radius 3 is 2.25 bits per heavy atom. The average Bonchev–Trinajstić information content (AvgIpc) is 2.70. The molecule has 1 heterocycles. The number of benzene rings is 1. The van der Waals surface area contributed by atoms with Gasteiger partial charge in [-0.25, -0.2) is 18.9 Å². The standard InChI is InChI=1S/C19H23F3N4O5S/c1-12(2)24-16(18(27)25-28)11-26(32(3,29)30)14-5-7-15(8-6-14)31-17-9-4-13(10-23-17)19(20,21)22/h4-10,12,16,24,28H,11H2,1-3H3,(H,25,27). The van der Waals surface area contributed by atoms with E-state index < -0.39 is 33.7 Å². The lowest BCUT2D eigenvalue weighted by molar-refractivity contribution is -0.137. The summed E-state index contributed by atoms with van der Waals surface area (Å²) in [5.41, 5.74) is 0.802. The molecule has 9 nitrogen and oxygen atoms in total. The van der Waals surface area contributed by atoms with Crippen molar-refractivity contribution in [1.82, 2.24) is 15.8 Å². The lowest BCUT2D eigenvalue weighted by Crippen LogP contribution is -2.53. The van der Waals surface area contributed by atoms with E-state index in [1.807, 2.05) is 0 Å². The van der Waals surface area contributed by atoms with Crippen molar-refractivity contribution in [3.8, 4) is 11.6 Å². The molecule has 0 radical (unpaired) electrons. The lowest BCUT2D eigenvalue weighted by Gasteiger charge is -2.28. The van der Waals surface area contributed by atoms with E-state index in [0.29, 0.717) is 6.20 Å². The number of carbonyl (C=O) groups excluding carboxylic acids is 1. The second kappa shape index (κ2) is 10.1. The Bertz CT molecular complexity index is 1010. The largest absolute Gasteiger partial charge is 0.439 e. The Labute approximate surface area is 183 Å².